The highest BCUT2D eigenvalue weighted by Gasteiger charge is 2.25. The first-order chi connectivity index (χ1) is 7.88. The van der Waals surface area contributed by atoms with Gasteiger partial charge in [0.1, 0.15) is 6.04 Å². The van der Waals surface area contributed by atoms with E-state index in [1.54, 1.807) is 0 Å². The van der Waals surface area contributed by atoms with Gasteiger partial charge < -0.3 is 15.3 Å². The Morgan fingerprint density at radius 2 is 1.88 bits per heavy atom. The first-order valence-corrected chi connectivity index (χ1v) is 6.23. The fraction of sp³-hybridized carbons (Fsp3) is 0.917. The van der Waals surface area contributed by atoms with E-state index in [1.807, 2.05) is 20.8 Å². The van der Waals surface area contributed by atoms with Crippen LogP contribution in [0.15, 0.2) is 0 Å². The van der Waals surface area contributed by atoms with Gasteiger partial charge in [0, 0.05) is 0 Å². The van der Waals surface area contributed by atoms with E-state index in [0.717, 1.165) is 12.8 Å². The highest BCUT2D eigenvalue weighted by molar-refractivity contribution is 5.73. The molecule has 102 valence electrons. The quantitative estimate of drug-likeness (QED) is 0.455. The molecule has 5 nitrogen and oxygen atoms in total. The van der Waals surface area contributed by atoms with Crippen molar-refractivity contribution in [2.75, 3.05) is 0 Å². The zero-order valence-corrected chi connectivity index (χ0v) is 10.9. The molecule has 0 saturated carbocycles. The monoisotopic (exact) mass is 247 g/mol. The highest BCUT2D eigenvalue weighted by Crippen LogP contribution is 2.10. The molecular weight excluding hydrogens is 222 g/mol. The summed E-state index contributed by atoms with van der Waals surface area (Å²) in [4.78, 5) is 11.0. The molecule has 0 aromatic heterocycles. The van der Waals surface area contributed by atoms with Crippen LogP contribution in [0.1, 0.15) is 46.5 Å². The average molecular weight is 247 g/mol. The third-order valence-electron chi connectivity index (χ3n) is 2.64. The maximum Gasteiger partial charge on any atom is 0.320 e. The van der Waals surface area contributed by atoms with Crippen LogP contribution in [-0.2, 0) is 4.79 Å². The number of aliphatic hydroxyl groups excluding tert-OH is 1. The second kappa shape index (κ2) is 8.44. The molecule has 0 aliphatic heterocycles. The summed E-state index contributed by atoms with van der Waals surface area (Å²) in [5.41, 5.74) is 0. The minimum absolute atomic E-state index is 0.273. The van der Waals surface area contributed by atoms with Crippen LogP contribution in [0.4, 0.5) is 0 Å². The fourth-order valence-electron chi connectivity index (χ4n) is 1.73. The van der Waals surface area contributed by atoms with E-state index in [9.17, 15) is 15.0 Å². The lowest BCUT2D eigenvalue weighted by Gasteiger charge is -2.26. The van der Waals surface area contributed by atoms with Crippen LogP contribution in [-0.4, -0.2) is 39.7 Å². The largest absolute Gasteiger partial charge is 0.480 e. The van der Waals surface area contributed by atoms with Crippen LogP contribution < -0.4 is 5.32 Å². The van der Waals surface area contributed by atoms with Gasteiger partial charge in [0.15, 0.2) is 6.29 Å². The molecule has 0 aromatic carbocycles. The number of carboxylic acid groups (broad SMARTS) is 1. The Morgan fingerprint density at radius 1 is 1.29 bits per heavy atom. The number of nitrogens with one attached hydrogen (secondary N) is 1. The van der Waals surface area contributed by atoms with Crippen molar-refractivity contribution in [3.8, 4) is 0 Å². The van der Waals surface area contributed by atoms with Crippen LogP contribution in [0.2, 0.25) is 0 Å². The minimum Gasteiger partial charge on any atom is -0.480 e. The van der Waals surface area contributed by atoms with E-state index in [2.05, 4.69) is 5.32 Å². The summed E-state index contributed by atoms with van der Waals surface area (Å²) in [6.45, 7) is 5.91. The van der Waals surface area contributed by atoms with Gasteiger partial charge in [0.2, 0.25) is 0 Å². The van der Waals surface area contributed by atoms with Crippen LogP contribution in [0, 0.1) is 5.92 Å². The van der Waals surface area contributed by atoms with E-state index in [-0.39, 0.29) is 5.92 Å². The molecule has 0 heterocycles. The van der Waals surface area contributed by atoms with E-state index in [1.165, 1.54) is 0 Å². The number of rotatable bonds is 9. The molecule has 0 aliphatic carbocycles. The predicted octanol–water partition coefficient (Wildman–Crippen LogP) is 0.945. The summed E-state index contributed by atoms with van der Waals surface area (Å²) < 4.78 is 0. The van der Waals surface area contributed by atoms with Gasteiger partial charge in [-0.15, -0.1) is 0 Å². The SMILES string of the molecule is CCCCC(N[C@@H](CC(C)C)C(O)O)C(=O)O. The number of hydrogen-bond acceptors (Lipinski definition) is 4. The summed E-state index contributed by atoms with van der Waals surface area (Å²) in [5, 5.41) is 30.3. The predicted molar refractivity (Wildman–Crippen MR) is 65.6 cm³/mol. The lowest BCUT2D eigenvalue weighted by Crippen LogP contribution is -2.49. The molecule has 0 radical (unpaired) electrons. The zero-order valence-electron chi connectivity index (χ0n) is 10.9. The molecule has 0 aromatic rings. The molecule has 5 heteroatoms. The Kier molecular flexibility index (Phi) is 8.12. The highest BCUT2D eigenvalue weighted by atomic mass is 16.5. The maximum atomic E-state index is 11.0. The Hall–Kier alpha value is -0.650. The van der Waals surface area contributed by atoms with Crippen molar-refractivity contribution in [2.24, 2.45) is 5.92 Å². The summed E-state index contributed by atoms with van der Waals surface area (Å²) in [7, 11) is 0. The first kappa shape index (κ1) is 16.4. The second-order valence-corrected chi connectivity index (χ2v) is 4.85. The molecule has 1 unspecified atom stereocenters. The van der Waals surface area contributed by atoms with Crippen LogP contribution in [0.3, 0.4) is 0 Å². The van der Waals surface area contributed by atoms with Crippen molar-refractivity contribution < 1.29 is 20.1 Å². The van der Waals surface area contributed by atoms with Gasteiger partial charge in [0.25, 0.3) is 0 Å². The van der Waals surface area contributed by atoms with Crippen molar-refractivity contribution in [1.29, 1.82) is 0 Å². The van der Waals surface area contributed by atoms with Crippen LogP contribution in [0.5, 0.6) is 0 Å². The van der Waals surface area contributed by atoms with Crippen molar-refractivity contribution in [3.05, 3.63) is 0 Å². The van der Waals surface area contributed by atoms with E-state index in [4.69, 9.17) is 5.11 Å². The lowest BCUT2D eigenvalue weighted by atomic mass is 10.0. The topological polar surface area (TPSA) is 89.8 Å². The molecule has 0 spiro atoms. The molecule has 17 heavy (non-hydrogen) atoms. The molecule has 0 fully saturated rings. The molecule has 4 N–H and O–H groups in total. The first-order valence-electron chi connectivity index (χ1n) is 6.23. The van der Waals surface area contributed by atoms with Gasteiger partial charge in [-0.3, -0.25) is 10.1 Å². The van der Waals surface area contributed by atoms with Crippen molar-refractivity contribution in [3.63, 3.8) is 0 Å². The second-order valence-electron chi connectivity index (χ2n) is 4.85. The Morgan fingerprint density at radius 3 is 2.24 bits per heavy atom. The summed E-state index contributed by atoms with van der Waals surface area (Å²) in [6.07, 6.45) is 1.24. The Balaban J connectivity index is 4.39. The maximum absolute atomic E-state index is 11.0. The van der Waals surface area contributed by atoms with Crippen molar-refractivity contribution in [1.82, 2.24) is 5.32 Å². The smallest absolute Gasteiger partial charge is 0.320 e. The van der Waals surface area contributed by atoms with Gasteiger partial charge in [-0.1, -0.05) is 33.6 Å². The number of unbranched alkanes of at least 4 members (excludes halogenated alkanes) is 1. The van der Waals surface area contributed by atoms with E-state index in [0.29, 0.717) is 12.8 Å². The van der Waals surface area contributed by atoms with Gasteiger partial charge >= 0.3 is 5.97 Å². The molecular formula is C12H25NO4. The number of aliphatic hydroxyl groups is 2. The van der Waals surface area contributed by atoms with Crippen LogP contribution in [0.25, 0.3) is 0 Å². The van der Waals surface area contributed by atoms with Crippen molar-refractivity contribution >= 4 is 5.97 Å². The lowest BCUT2D eigenvalue weighted by molar-refractivity contribution is -0.141. The molecule has 0 bridgehead atoms. The number of hydrogen-bond donors (Lipinski definition) is 4. The Bertz CT molecular complexity index is 219. The molecule has 0 aliphatic rings. The van der Waals surface area contributed by atoms with E-state index < -0.39 is 24.3 Å². The number of carboxylic acids is 1. The third kappa shape index (κ3) is 7.31. The summed E-state index contributed by atoms with van der Waals surface area (Å²) >= 11 is 0. The molecule has 0 amide bonds. The summed E-state index contributed by atoms with van der Waals surface area (Å²) in [6, 6.07) is -1.30. The normalized spacial score (nSPS) is 15.2. The van der Waals surface area contributed by atoms with Gasteiger partial charge in [-0.2, -0.15) is 0 Å². The third-order valence-corrected chi connectivity index (χ3v) is 2.64. The standard InChI is InChI=1S/C12H25NO4/c1-4-5-6-9(11(14)15)13-10(12(16)17)7-8(2)3/h8-10,12-13,16-17H,4-7H2,1-3H3,(H,14,15)/t9?,10-/m0/s1. The molecule has 2 atom stereocenters. The zero-order chi connectivity index (χ0) is 13.4. The van der Waals surface area contributed by atoms with Gasteiger partial charge in [0.05, 0.1) is 6.04 Å². The van der Waals surface area contributed by atoms with E-state index >= 15 is 0 Å². The Labute approximate surface area is 103 Å². The molecule has 0 saturated heterocycles. The van der Waals surface area contributed by atoms with Crippen LogP contribution >= 0.6 is 0 Å². The fourth-order valence-corrected chi connectivity index (χ4v) is 1.73. The molecule has 0 rings (SSSR count). The van der Waals surface area contributed by atoms with Crippen molar-refractivity contribution in [2.45, 2.75) is 64.8 Å². The van der Waals surface area contributed by atoms with Gasteiger partial charge in [-0.05, 0) is 18.8 Å². The number of carbonyl (C=O) groups is 1. The van der Waals surface area contributed by atoms with Gasteiger partial charge in [-0.25, -0.2) is 0 Å². The minimum atomic E-state index is -1.53. The number of aliphatic carboxylic acids is 1. The summed E-state index contributed by atoms with van der Waals surface area (Å²) in [5.74, 6) is -0.664. The average Bonchev–Trinajstić information content (AvgIpc) is 2.21.